The molecule has 0 aliphatic heterocycles. The standard InChI is InChI=1S/C23H38N2O/c1-23(2,3)16-11-9-7-5-4-6-8-10-12-19-26-20-25-18-15-21-14-13-17-24-22(21)25/h13-15,17-18H,4-12,16,19-20H2,1-3H3. The van der Waals surface area contributed by atoms with Crippen LogP contribution in [0.3, 0.4) is 0 Å². The van der Waals surface area contributed by atoms with Crippen LogP contribution in [0.2, 0.25) is 0 Å². The van der Waals surface area contributed by atoms with Crippen molar-refractivity contribution < 1.29 is 4.74 Å². The van der Waals surface area contributed by atoms with Gasteiger partial charge in [-0.3, -0.25) is 0 Å². The zero-order chi connectivity index (χ0) is 18.7. The highest BCUT2D eigenvalue weighted by molar-refractivity contribution is 5.75. The lowest BCUT2D eigenvalue weighted by Crippen LogP contribution is -2.03. The Morgan fingerprint density at radius 1 is 0.885 bits per heavy atom. The summed E-state index contributed by atoms with van der Waals surface area (Å²) in [5.41, 5.74) is 1.52. The number of ether oxygens (including phenoxy) is 1. The van der Waals surface area contributed by atoms with Crippen LogP contribution in [-0.2, 0) is 11.5 Å². The van der Waals surface area contributed by atoms with E-state index >= 15 is 0 Å². The lowest BCUT2D eigenvalue weighted by molar-refractivity contribution is 0.0763. The molecular formula is C23H38N2O. The summed E-state index contributed by atoms with van der Waals surface area (Å²) in [4.78, 5) is 4.41. The molecule has 2 aromatic rings. The van der Waals surface area contributed by atoms with Gasteiger partial charge in [0.25, 0.3) is 0 Å². The first-order valence-corrected chi connectivity index (χ1v) is 10.5. The zero-order valence-electron chi connectivity index (χ0n) is 17.2. The molecule has 2 rings (SSSR count). The van der Waals surface area contributed by atoms with E-state index in [1.165, 1.54) is 63.2 Å². The lowest BCUT2D eigenvalue weighted by atomic mass is 9.89. The molecule has 0 atom stereocenters. The molecule has 0 aromatic carbocycles. The summed E-state index contributed by atoms with van der Waals surface area (Å²) in [6.45, 7) is 8.48. The number of hydrogen-bond acceptors (Lipinski definition) is 2. The normalized spacial score (nSPS) is 12.1. The van der Waals surface area contributed by atoms with Crippen LogP contribution in [0.4, 0.5) is 0 Å². The van der Waals surface area contributed by atoms with Crippen molar-refractivity contribution in [3.8, 4) is 0 Å². The molecule has 26 heavy (non-hydrogen) atoms. The largest absolute Gasteiger partial charge is 0.361 e. The first-order chi connectivity index (χ1) is 12.6. The van der Waals surface area contributed by atoms with E-state index in [1.807, 2.05) is 12.3 Å². The molecule has 0 fully saturated rings. The molecule has 0 bridgehead atoms. The van der Waals surface area contributed by atoms with Crippen LogP contribution >= 0.6 is 0 Å². The quantitative estimate of drug-likeness (QED) is 0.362. The van der Waals surface area contributed by atoms with Crippen LogP contribution in [0.5, 0.6) is 0 Å². The van der Waals surface area contributed by atoms with Crippen LogP contribution in [-0.4, -0.2) is 16.2 Å². The summed E-state index contributed by atoms with van der Waals surface area (Å²) in [7, 11) is 0. The molecule has 0 saturated carbocycles. The highest BCUT2D eigenvalue weighted by Gasteiger charge is 2.08. The van der Waals surface area contributed by atoms with Gasteiger partial charge in [-0.2, -0.15) is 0 Å². The van der Waals surface area contributed by atoms with Gasteiger partial charge in [0.05, 0.1) is 0 Å². The molecule has 3 nitrogen and oxygen atoms in total. The van der Waals surface area contributed by atoms with Gasteiger partial charge >= 0.3 is 0 Å². The van der Waals surface area contributed by atoms with E-state index in [-0.39, 0.29) is 0 Å². The molecule has 0 unspecified atom stereocenters. The number of unbranched alkanes of at least 4 members (excludes halogenated alkanes) is 8. The fourth-order valence-corrected chi connectivity index (χ4v) is 3.38. The summed E-state index contributed by atoms with van der Waals surface area (Å²) >= 11 is 0. The van der Waals surface area contributed by atoms with E-state index in [4.69, 9.17) is 4.74 Å². The monoisotopic (exact) mass is 358 g/mol. The molecule has 0 spiro atoms. The summed E-state index contributed by atoms with van der Waals surface area (Å²) in [5.74, 6) is 0. The number of hydrogen-bond donors (Lipinski definition) is 0. The Morgan fingerprint density at radius 2 is 1.54 bits per heavy atom. The van der Waals surface area contributed by atoms with Gasteiger partial charge in [0.15, 0.2) is 0 Å². The van der Waals surface area contributed by atoms with E-state index in [0.717, 1.165) is 18.7 Å². The van der Waals surface area contributed by atoms with Gasteiger partial charge in [0.1, 0.15) is 12.4 Å². The van der Waals surface area contributed by atoms with Crippen molar-refractivity contribution in [3.63, 3.8) is 0 Å². The fraction of sp³-hybridized carbons (Fsp3) is 0.696. The number of pyridine rings is 1. The van der Waals surface area contributed by atoms with Crippen LogP contribution in [0.15, 0.2) is 30.6 Å². The van der Waals surface area contributed by atoms with Crippen molar-refractivity contribution in [2.75, 3.05) is 6.61 Å². The number of aromatic nitrogens is 2. The van der Waals surface area contributed by atoms with Crippen LogP contribution < -0.4 is 0 Å². The SMILES string of the molecule is CC(C)(C)CCCCCCCCCCCOCn1ccc2cccnc21. The Kier molecular flexibility index (Phi) is 9.17. The molecule has 0 aliphatic rings. The van der Waals surface area contributed by atoms with Crippen molar-refractivity contribution in [2.24, 2.45) is 5.41 Å². The predicted octanol–water partition coefficient (Wildman–Crippen LogP) is 6.96. The minimum atomic E-state index is 0.507. The first-order valence-electron chi connectivity index (χ1n) is 10.5. The summed E-state index contributed by atoms with van der Waals surface area (Å²) in [5, 5.41) is 1.18. The third kappa shape index (κ3) is 8.35. The second kappa shape index (κ2) is 11.4. The van der Waals surface area contributed by atoms with Gasteiger partial charge in [-0.15, -0.1) is 0 Å². The average Bonchev–Trinajstić information content (AvgIpc) is 3.01. The lowest BCUT2D eigenvalue weighted by Gasteiger charge is -2.17. The molecule has 0 N–H and O–H groups in total. The maximum absolute atomic E-state index is 5.81. The molecule has 146 valence electrons. The number of fused-ring (bicyclic) bond motifs is 1. The Morgan fingerprint density at radius 3 is 2.23 bits per heavy atom. The molecule has 0 amide bonds. The molecule has 3 heteroatoms. The minimum Gasteiger partial charge on any atom is -0.361 e. The second-order valence-corrected chi connectivity index (χ2v) is 8.73. The van der Waals surface area contributed by atoms with Crippen molar-refractivity contribution in [1.29, 1.82) is 0 Å². The Labute approximate surface area is 160 Å². The smallest absolute Gasteiger partial charge is 0.141 e. The van der Waals surface area contributed by atoms with Crippen LogP contribution in [0.1, 0.15) is 85.0 Å². The molecule has 0 saturated heterocycles. The number of rotatable bonds is 13. The Balaban J connectivity index is 1.38. The summed E-state index contributed by atoms with van der Waals surface area (Å²) in [6, 6.07) is 6.15. The highest BCUT2D eigenvalue weighted by Crippen LogP contribution is 2.22. The maximum atomic E-state index is 5.81. The van der Waals surface area contributed by atoms with E-state index in [2.05, 4.69) is 48.7 Å². The van der Waals surface area contributed by atoms with Gasteiger partial charge in [-0.1, -0.05) is 72.1 Å². The highest BCUT2D eigenvalue weighted by atomic mass is 16.5. The molecule has 2 aromatic heterocycles. The van der Waals surface area contributed by atoms with Crippen molar-refractivity contribution >= 4 is 11.0 Å². The Hall–Kier alpha value is -1.35. The molecule has 0 radical (unpaired) electrons. The minimum absolute atomic E-state index is 0.507. The van der Waals surface area contributed by atoms with E-state index < -0.39 is 0 Å². The molecule has 2 heterocycles. The second-order valence-electron chi connectivity index (χ2n) is 8.73. The maximum Gasteiger partial charge on any atom is 0.141 e. The number of nitrogens with zero attached hydrogens (tertiary/aromatic N) is 2. The van der Waals surface area contributed by atoms with E-state index in [1.54, 1.807) is 0 Å². The van der Waals surface area contributed by atoms with Gasteiger partial charge < -0.3 is 9.30 Å². The topological polar surface area (TPSA) is 27.1 Å². The summed E-state index contributed by atoms with van der Waals surface area (Å²) in [6.07, 6.45) is 17.5. The van der Waals surface area contributed by atoms with Crippen molar-refractivity contribution in [2.45, 2.75) is 91.7 Å². The summed E-state index contributed by atoms with van der Waals surface area (Å²) < 4.78 is 7.89. The molecule has 0 aliphatic carbocycles. The van der Waals surface area contributed by atoms with Gasteiger partial charge in [-0.05, 0) is 36.5 Å². The zero-order valence-corrected chi connectivity index (χ0v) is 17.2. The average molecular weight is 359 g/mol. The Bertz CT molecular complexity index is 612. The van der Waals surface area contributed by atoms with Crippen molar-refractivity contribution in [3.05, 3.63) is 30.6 Å². The first kappa shape index (κ1) is 21.0. The predicted molar refractivity (Wildman–Crippen MR) is 111 cm³/mol. The third-order valence-corrected chi connectivity index (χ3v) is 4.97. The van der Waals surface area contributed by atoms with Gasteiger partial charge in [0, 0.05) is 24.4 Å². The van der Waals surface area contributed by atoms with Crippen molar-refractivity contribution in [1.82, 2.24) is 9.55 Å². The van der Waals surface area contributed by atoms with E-state index in [9.17, 15) is 0 Å². The third-order valence-electron chi connectivity index (χ3n) is 4.97. The van der Waals surface area contributed by atoms with Gasteiger partial charge in [0.2, 0.25) is 0 Å². The van der Waals surface area contributed by atoms with Crippen LogP contribution in [0.25, 0.3) is 11.0 Å². The van der Waals surface area contributed by atoms with Gasteiger partial charge in [-0.25, -0.2) is 4.98 Å². The van der Waals surface area contributed by atoms with E-state index in [0.29, 0.717) is 12.1 Å². The molecular weight excluding hydrogens is 320 g/mol. The fourth-order valence-electron chi connectivity index (χ4n) is 3.38. The van der Waals surface area contributed by atoms with Crippen LogP contribution in [0, 0.1) is 5.41 Å².